The molecule has 0 radical (unpaired) electrons. The Kier molecular flexibility index (Phi) is 9.54. The first kappa shape index (κ1) is 27.2. The van der Waals surface area contributed by atoms with Crippen molar-refractivity contribution in [1.29, 1.82) is 0 Å². The minimum absolute atomic E-state index is 1.22. The van der Waals surface area contributed by atoms with Gasteiger partial charge in [-0.05, 0) is 142 Å². The summed E-state index contributed by atoms with van der Waals surface area (Å²) in [6.07, 6.45) is 20.2. The van der Waals surface area contributed by atoms with Gasteiger partial charge in [0.1, 0.15) is 0 Å². The molecule has 1 aliphatic carbocycles. The number of hydrogen-bond donors (Lipinski definition) is 0. The van der Waals surface area contributed by atoms with Crippen LogP contribution in [0.3, 0.4) is 0 Å². The van der Waals surface area contributed by atoms with Crippen LogP contribution in [0.1, 0.15) is 137 Å². The third-order valence-corrected chi connectivity index (χ3v) is 8.75. The van der Waals surface area contributed by atoms with Gasteiger partial charge >= 0.3 is 0 Å². The summed E-state index contributed by atoms with van der Waals surface area (Å²) in [6, 6.07) is 5.42. The molecule has 0 heterocycles. The van der Waals surface area contributed by atoms with Crippen LogP contribution in [-0.2, 0) is 51.4 Å². The fourth-order valence-electron chi connectivity index (χ4n) is 7.43. The second-order valence-corrected chi connectivity index (χ2v) is 11.5. The molecule has 0 unspecified atom stereocenters. The Morgan fingerprint density at radius 3 is 1.00 bits per heavy atom. The van der Waals surface area contributed by atoms with Crippen molar-refractivity contribution in [2.45, 2.75) is 144 Å². The number of aryl methyl sites for hydroxylation is 4. The summed E-state index contributed by atoms with van der Waals surface area (Å²) in [4.78, 5) is 0. The molecule has 0 amide bonds. The van der Waals surface area contributed by atoms with E-state index in [2.05, 4.69) is 53.7 Å². The molecule has 0 bridgehead atoms. The summed E-state index contributed by atoms with van der Waals surface area (Å²) in [6.45, 7) is 14.2. The smallest absolute Gasteiger partial charge is 0.0140 e. The molecule has 0 saturated heterocycles. The molecule has 3 aromatic carbocycles. The molecule has 0 heteroatoms. The first-order valence-corrected chi connectivity index (χ1v) is 15.7. The Labute approximate surface area is 222 Å². The van der Waals surface area contributed by atoms with Crippen molar-refractivity contribution in [3.05, 3.63) is 56.6 Å². The monoisotopic (exact) mass is 484 g/mol. The van der Waals surface area contributed by atoms with Crippen LogP contribution < -0.4 is 0 Å². The zero-order valence-corrected chi connectivity index (χ0v) is 24.5. The van der Waals surface area contributed by atoms with Gasteiger partial charge in [0, 0.05) is 0 Å². The Hall–Kier alpha value is -1.82. The van der Waals surface area contributed by atoms with Gasteiger partial charge in [-0.3, -0.25) is 0 Å². The van der Waals surface area contributed by atoms with Gasteiger partial charge in [0.25, 0.3) is 0 Å². The van der Waals surface area contributed by atoms with Crippen LogP contribution in [0.25, 0.3) is 21.5 Å². The number of fused-ring (bicyclic) bond motifs is 3. The highest BCUT2D eigenvalue weighted by molar-refractivity contribution is 6.05. The molecule has 0 saturated carbocycles. The zero-order valence-electron chi connectivity index (χ0n) is 24.5. The molecule has 1 aliphatic rings. The van der Waals surface area contributed by atoms with Crippen molar-refractivity contribution in [3.63, 3.8) is 0 Å². The van der Waals surface area contributed by atoms with Crippen LogP contribution >= 0.6 is 0 Å². The molecule has 0 N–H and O–H groups in total. The second kappa shape index (κ2) is 12.6. The molecule has 4 rings (SSSR count). The largest absolute Gasteiger partial charge is 0.0651 e. The Morgan fingerprint density at radius 2 is 0.667 bits per heavy atom. The Morgan fingerprint density at radius 1 is 0.389 bits per heavy atom. The van der Waals surface area contributed by atoms with E-state index in [0.29, 0.717) is 0 Å². The predicted molar refractivity (Wildman–Crippen MR) is 162 cm³/mol. The average molecular weight is 485 g/mol. The molecular formula is C36H52. The van der Waals surface area contributed by atoms with Crippen LogP contribution in [0.5, 0.6) is 0 Å². The normalized spacial score (nSPS) is 13.6. The van der Waals surface area contributed by atoms with E-state index in [1.807, 2.05) is 0 Å². The maximum absolute atomic E-state index is 2.71. The van der Waals surface area contributed by atoms with Crippen molar-refractivity contribution >= 4 is 21.5 Å². The Balaban J connectivity index is 2.21. The maximum Gasteiger partial charge on any atom is -0.0140 e. The quantitative estimate of drug-likeness (QED) is 0.224. The minimum atomic E-state index is 1.22. The molecule has 0 aromatic heterocycles. The highest BCUT2D eigenvalue weighted by Crippen LogP contribution is 2.42. The third kappa shape index (κ3) is 4.99. The van der Waals surface area contributed by atoms with Crippen molar-refractivity contribution in [1.82, 2.24) is 0 Å². The van der Waals surface area contributed by atoms with E-state index in [0.717, 1.165) is 0 Å². The molecule has 0 nitrogen and oxygen atoms in total. The fraction of sp³-hybridized carbons (Fsp3) is 0.611. The van der Waals surface area contributed by atoms with Crippen LogP contribution in [-0.4, -0.2) is 0 Å². The van der Waals surface area contributed by atoms with Gasteiger partial charge in [-0.15, -0.1) is 0 Å². The fourth-order valence-corrected chi connectivity index (χ4v) is 7.43. The first-order valence-electron chi connectivity index (χ1n) is 15.7. The van der Waals surface area contributed by atoms with Crippen molar-refractivity contribution in [2.24, 2.45) is 0 Å². The van der Waals surface area contributed by atoms with Gasteiger partial charge in [0.15, 0.2) is 0 Å². The van der Waals surface area contributed by atoms with Gasteiger partial charge in [-0.1, -0.05) is 80.1 Å². The predicted octanol–water partition coefficient (Wildman–Crippen LogP) is 10.6. The number of benzene rings is 3. The van der Waals surface area contributed by atoms with Gasteiger partial charge < -0.3 is 0 Å². The number of rotatable bonds is 12. The summed E-state index contributed by atoms with van der Waals surface area (Å²) >= 11 is 0. The lowest BCUT2D eigenvalue weighted by molar-refractivity contribution is 0.670. The van der Waals surface area contributed by atoms with E-state index in [9.17, 15) is 0 Å². The van der Waals surface area contributed by atoms with Crippen LogP contribution in [0, 0.1) is 0 Å². The lowest BCUT2D eigenvalue weighted by Crippen LogP contribution is -2.12. The summed E-state index contributed by atoms with van der Waals surface area (Å²) in [7, 11) is 0. The molecule has 0 spiro atoms. The molecule has 0 atom stereocenters. The average Bonchev–Trinajstić information content (AvgIpc) is 2.89. The van der Waals surface area contributed by atoms with Crippen LogP contribution in [0.4, 0.5) is 0 Å². The molecule has 36 heavy (non-hydrogen) atoms. The second-order valence-electron chi connectivity index (χ2n) is 11.5. The van der Waals surface area contributed by atoms with Crippen molar-refractivity contribution < 1.29 is 0 Å². The third-order valence-electron chi connectivity index (χ3n) is 8.75. The van der Waals surface area contributed by atoms with Crippen molar-refractivity contribution in [3.8, 4) is 0 Å². The van der Waals surface area contributed by atoms with Gasteiger partial charge in [0.2, 0.25) is 0 Å². The van der Waals surface area contributed by atoms with E-state index < -0.39 is 0 Å². The van der Waals surface area contributed by atoms with E-state index in [4.69, 9.17) is 0 Å². The van der Waals surface area contributed by atoms with Gasteiger partial charge in [0.05, 0.1) is 0 Å². The molecular weight excluding hydrogens is 432 g/mol. The van der Waals surface area contributed by atoms with E-state index in [1.165, 1.54) is 103 Å². The standard InChI is InChI=1S/C36H52/c1-7-15-25-26(16-8-2)28(18-10-4)34-24-36-30(20-12-6)32-22-14-13-21-31(32)29(19-11-5)35(36)23-33(34)27(25)17-9-3/h23-24H,7-22H2,1-6H3. The lowest BCUT2D eigenvalue weighted by atomic mass is 9.77. The summed E-state index contributed by atoms with van der Waals surface area (Å²) in [5.74, 6) is 0. The number of hydrogen-bond acceptors (Lipinski definition) is 0. The lowest BCUT2D eigenvalue weighted by Gasteiger charge is -2.28. The Bertz CT molecular complexity index is 1100. The molecule has 3 aromatic rings. The zero-order chi connectivity index (χ0) is 25.7. The summed E-state index contributed by atoms with van der Waals surface area (Å²) in [5.41, 5.74) is 13.7. The SMILES string of the molecule is CCCc1c(CCC)c(CCC)c2cc3c(CCC)c4c(c(CCC)c3cc2c1CCC)CCCC4. The van der Waals surface area contributed by atoms with Crippen LogP contribution in [0.15, 0.2) is 12.1 Å². The highest BCUT2D eigenvalue weighted by Gasteiger charge is 2.24. The van der Waals surface area contributed by atoms with E-state index in [1.54, 1.807) is 66.1 Å². The summed E-state index contributed by atoms with van der Waals surface area (Å²) < 4.78 is 0. The van der Waals surface area contributed by atoms with Crippen molar-refractivity contribution in [2.75, 3.05) is 0 Å². The maximum atomic E-state index is 2.71. The molecule has 196 valence electrons. The minimum Gasteiger partial charge on any atom is -0.0651 e. The topological polar surface area (TPSA) is 0 Å². The van der Waals surface area contributed by atoms with Gasteiger partial charge in [-0.25, -0.2) is 0 Å². The summed E-state index contributed by atoms with van der Waals surface area (Å²) in [5, 5.41) is 6.43. The van der Waals surface area contributed by atoms with E-state index in [-0.39, 0.29) is 0 Å². The molecule has 0 aliphatic heterocycles. The van der Waals surface area contributed by atoms with Gasteiger partial charge in [-0.2, -0.15) is 0 Å². The molecule has 0 fully saturated rings. The van der Waals surface area contributed by atoms with Crippen LogP contribution in [0.2, 0.25) is 0 Å². The first-order chi connectivity index (χ1) is 17.6. The van der Waals surface area contributed by atoms with E-state index >= 15 is 0 Å². The highest BCUT2D eigenvalue weighted by atomic mass is 14.3.